The van der Waals surface area contributed by atoms with Gasteiger partial charge in [0.05, 0.1) is 0 Å². The molecule has 1 aliphatic carbocycles. The highest BCUT2D eigenvalue weighted by Gasteiger charge is 2.59. The molecular formula is C12H19NO3. The van der Waals surface area contributed by atoms with Crippen LogP contribution in [0.1, 0.15) is 27.7 Å². The highest BCUT2D eigenvalue weighted by molar-refractivity contribution is 5.83. The van der Waals surface area contributed by atoms with Crippen LogP contribution in [0.4, 0.5) is 4.79 Å². The van der Waals surface area contributed by atoms with Crippen LogP contribution in [0.3, 0.4) is 0 Å². The second kappa shape index (κ2) is 3.47. The topological polar surface area (TPSA) is 46.6 Å². The molecule has 1 heterocycles. The molecular weight excluding hydrogens is 206 g/mol. The van der Waals surface area contributed by atoms with Crippen molar-refractivity contribution in [1.82, 2.24) is 4.90 Å². The summed E-state index contributed by atoms with van der Waals surface area (Å²) in [6.07, 6.45) is -0.248. The van der Waals surface area contributed by atoms with Crippen LogP contribution in [0.5, 0.6) is 0 Å². The first-order chi connectivity index (χ1) is 7.29. The van der Waals surface area contributed by atoms with Gasteiger partial charge in [0.1, 0.15) is 11.4 Å². The Balaban J connectivity index is 1.85. The normalized spacial score (nSPS) is 32.2. The summed E-state index contributed by atoms with van der Waals surface area (Å²) in [5.74, 6) is 1.26. The van der Waals surface area contributed by atoms with Gasteiger partial charge >= 0.3 is 6.09 Å². The second-order valence-corrected chi connectivity index (χ2v) is 5.85. The van der Waals surface area contributed by atoms with Gasteiger partial charge in [-0.25, -0.2) is 4.79 Å². The van der Waals surface area contributed by atoms with E-state index in [1.54, 1.807) is 11.8 Å². The minimum atomic E-state index is -0.441. The van der Waals surface area contributed by atoms with Gasteiger partial charge in [-0.05, 0) is 39.5 Å². The van der Waals surface area contributed by atoms with Crippen molar-refractivity contribution in [2.24, 2.45) is 17.8 Å². The Hall–Kier alpha value is -1.06. The molecule has 2 fully saturated rings. The van der Waals surface area contributed by atoms with E-state index in [0.29, 0.717) is 24.9 Å². The summed E-state index contributed by atoms with van der Waals surface area (Å²) in [5.41, 5.74) is -0.441. The predicted molar refractivity (Wildman–Crippen MR) is 59.0 cm³/mol. The molecule has 2 atom stereocenters. The molecule has 4 nitrogen and oxygen atoms in total. The first kappa shape index (κ1) is 11.4. The maximum Gasteiger partial charge on any atom is 0.410 e. The SMILES string of the molecule is CC(=O)C1[C@@H]2CN(C(=O)OC(C)(C)C)C[C@@H]12. The molecule has 0 radical (unpaired) electrons. The first-order valence-corrected chi connectivity index (χ1v) is 5.78. The minimum absolute atomic E-state index is 0.207. The number of nitrogens with zero attached hydrogens (tertiary/aromatic N) is 1. The minimum Gasteiger partial charge on any atom is -0.444 e. The molecule has 0 aromatic heterocycles. The molecule has 1 amide bonds. The average Bonchev–Trinajstić information content (AvgIpc) is 2.60. The molecule has 0 N–H and O–H groups in total. The predicted octanol–water partition coefficient (Wildman–Crippen LogP) is 1.69. The fourth-order valence-corrected chi connectivity index (χ4v) is 2.60. The van der Waals surface area contributed by atoms with E-state index in [4.69, 9.17) is 4.74 Å². The van der Waals surface area contributed by atoms with E-state index in [0.717, 1.165) is 0 Å². The van der Waals surface area contributed by atoms with E-state index >= 15 is 0 Å². The molecule has 1 saturated heterocycles. The third-order valence-corrected chi connectivity index (χ3v) is 3.32. The van der Waals surface area contributed by atoms with Gasteiger partial charge < -0.3 is 9.64 Å². The molecule has 1 aliphatic heterocycles. The van der Waals surface area contributed by atoms with Crippen molar-refractivity contribution >= 4 is 11.9 Å². The summed E-state index contributed by atoms with van der Waals surface area (Å²) in [5, 5.41) is 0. The number of likely N-dealkylation sites (tertiary alicyclic amines) is 1. The van der Waals surface area contributed by atoms with Gasteiger partial charge in [0.2, 0.25) is 0 Å². The lowest BCUT2D eigenvalue weighted by atomic mass is 10.2. The van der Waals surface area contributed by atoms with Crippen LogP contribution in [0.25, 0.3) is 0 Å². The van der Waals surface area contributed by atoms with Crippen molar-refractivity contribution in [1.29, 1.82) is 0 Å². The van der Waals surface area contributed by atoms with Gasteiger partial charge in [0.25, 0.3) is 0 Å². The number of carbonyl (C=O) groups is 2. The van der Waals surface area contributed by atoms with Crippen molar-refractivity contribution in [2.75, 3.05) is 13.1 Å². The van der Waals surface area contributed by atoms with Crippen molar-refractivity contribution in [3.8, 4) is 0 Å². The highest BCUT2D eigenvalue weighted by atomic mass is 16.6. The summed E-state index contributed by atoms with van der Waals surface area (Å²) in [7, 11) is 0. The Morgan fingerprint density at radius 3 is 2.06 bits per heavy atom. The Labute approximate surface area is 95.9 Å². The van der Waals surface area contributed by atoms with E-state index in [9.17, 15) is 9.59 Å². The highest BCUT2D eigenvalue weighted by Crippen LogP contribution is 2.52. The molecule has 90 valence electrons. The van der Waals surface area contributed by atoms with E-state index in [1.807, 2.05) is 20.8 Å². The summed E-state index contributed by atoms with van der Waals surface area (Å²) in [6, 6.07) is 0. The summed E-state index contributed by atoms with van der Waals surface area (Å²) in [4.78, 5) is 24.6. The smallest absolute Gasteiger partial charge is 0.410 e. The van der Waals surface area contributed by atoms with Crippen LogP contribution in [0.2, 0.25) is 0 Å². The largest absolute Gasteiger partial charge is 0.444 e. The van der Waals surface area contributed by atoms with Crippen LogP contribution < -0.4 is 0 Å². The molecule has 1 saturated carbocycles. The third-order valence-electron chi connectivity index (χ3n) is 3.32. The summed E-state index contributed by atoms with van der Waals surface area (Å²) >= 11 is 0. The summed E-state index contributed by atoms with van der Waals surface area (Å²) in [6.45, 7) is 8.59. The number of carbonyl (C=O) groups excluding carboxylic acids is 2. The maximum absolute atomic E-state index is 11.7. The average molecular weight is 225 g/mol. The first-order valence-electron chi connectivity index (χ1n) is 5.78. The fraction of sp³-hybridized carbons (Fsp3) is 0.833. The molecule has 4 heteroatoms. The van der Waals surface area contributed by atoms with E-state index in [2.05, 4.69) is 0 Å². The Morgan fingerprint density at radius 2 is 1.69 bits per heavy atom. The quantitative estimate of drug-likeness (QED) is 0.682. The number of amides is 1. The Morgan fingerprint density at radius 1 is 1.19 bits per heavy atom. The molecule has 0 unspecified atom stereocenters. The number of fused-ring (bicyclic) bond motifs is 1. The molecule has 16 heavy (non-hydrogen) atoms. The lowest BCUT2D eigenvalue weighted by Crippen LogP contribution is -2.37. The van der Waals surface area contributed by atoms with Gasteiger partial charge in [-0.15, -0.1) is 0 Å². The van der Waals surface area contributed by atoms with Crippen LogP contribution in [0.15, 0.2) is 0 Å². The number of hydrogen-bond donors (Lipinski definition) is 0. The van der Waals surface area contributed by atoms with Gasteiger partial charge in [-0.2, -0.15) is 0 Å². The lowest BCUT2D eigenvalue weighted by Gasteiger charge is -2.25. The van der Waals surface area contributed by atoms with E-state index < -0.39 is 5.60 Å². The van der Waals surface area contributed by atoms with Crippen LogP contribution in [-0.2, 0) is 9.53 Å². The van der Waals surface area contributed by atoms with Gasteiger partial charge in [-0.1, -0.05) is 0 Å². The number of Topliss-reactive ketones (excluding diaryl/α,β-unsaturated/α-hetero) is 1. The monoisotopic (exact) mass is 225 g/mol. The van der Waals surface area contributed by atoms with E-state index in [-0.39, 0.29) is 17.8 Å². The molecule has 0 spiro atoms. The Kier molecular flexibility index (Phi) is 2.48. The van der Waals surface area contributed by atoms with Crippen molar-refractivity contribution < 1.29 is 14.3 Å². The standard InChI is InChI=1S/C12H19NO3/c1-7(14)10-8-5-13(6-9(8)10)11(15)16-12(2,3)4/h8-10H,5-6H2,1-4H3/t8-,9-/m1/s1. The van der Waals surface area contributed by atoms with Crippen molar-refractivity contribution in [3.63, 3.8) is 0 Å². The van der Waals surface area contributed by atoms with Crippen LogP contribution in [-0.4, -0.2) is 35.5 Å². The third kappa shape index (κ3) is 2.06. The Bertz CT molecular complexity index is 320. The number of ether oxygens (including phenoxy) is 1. The van der Waals surface area contributed by atoms with Crippen molar-refractivity contribution in [3.05, 3.63) is 0 Å². The maximum atomic E-state index is 11.7. The lowest BCUT2D eigenvalue weighted by molar-refractivity contribution is -0.119. The molecule has 0 bridgehead atoms. The van der Waals surface area contributed by atoms with Crippen LogP contribution in [0, 0.1) is 17.8 Å². The number of piperidine rings is 1. The van der Waals surface area contributed by atoms with E-state index in [1.165, 1.54) is 0 Å². The zero-order valence-electron chi connectivity index (χ0n) is 10.3. The van der Waals surface area contributed by atoms with Gasteiger partial charge in [0, 0.05) is 19.0 Å². The number of ketones is 1. The van der Waals surface area contributed by atoms with Crippen molar-refractivity contribution in [2.45, 2.75) is 33.3 Å². The number of hydrogen-bond acceptors (Lipinski definition) is 3. The second-order valence-electron chi connectivity index (χ2n) is 5.85. The number of rotatable bonds is 1. The van der Waals surface area contributed by atoms with Crippen LogP contribution >= 0.6 is 0 Å². The van der Waals surface area contributed by atoms with Gasteiger partial charge in [-0.3, -0.25) is 4.79 Å². The fourth-order valence-electron chi connectivity index (χ4n) is 2.60. The molecule has 0 aromatic carbocycles. The summed E-state index contributed by atoms with van der Waals surface area (Å²) < 4.78 is 5.29. The van der Waals surface area contributed by atoms with Gasteiger partial charge in [0.15, 0.2) is 0 Å². The zero-order valence-corrected chi connectivity index (χ0v) is 10.3. The molecule has 0 aromatic rings. The molecule has 2 aliphatic rings. The zero-order chi connectivity index (χ0) is 12.1. The molecule has 2 rings (SSSR count).